The lowest BCUT2D eigenvalue weighted by atomic mass is 9.95. The van der Waals surface area contributed by atoms with Crippen LogP contribution in [0.4, 0.5) is 0 Å². The van der Waals surface area contributed by atoms with Crippen LogP contribution in [0.15, 0.2) is 30.7 Å². The van der Waals surface area contributed by atoms with Gasteiger partial charge in [-0.3, -0.25) is 9.78 Å². The van der Waals surface area contributed by atoms with Crippen LogP contribution >= 0.6 is 0 Å². The minimum Gasteiger partial charge on any atom is -0.342 e. The van der Waals surface area contributed by atoms with Crippen molar-refractivity contribution in [2.24, 2.45) is 18.4 Å². The van der Waals surface area contributed by atoms with E-state index in [0.717, 1.165) is 43.0 Å². The maximum atomic E-state index is 12.4. The van der Waals surface area contributed by atoms with Crippen molar-refractivity contribution in [1.82, 2.24) is 19.4 Å². The van der Waals surface area contributed by atoms with Crippen LogP contribution in [0.1, 0.15) is 32.9 Å². The molecule has 0 saturated carbocycles. The summed E-state index contributed by atoms with van der Waals surface area (Å²) < 4.78 is 1.98. The quantitative estimate of drug-likeness (QED) is 0.871. The average Bonchev–Trinajstić information content (AvgIpc) is 3.15. The summed E-state index contributed by atoms with van der Waals surface area (Å²) >= 11 is 0. The Morgan fingerprint density at radius 2 is 2.12 bits per heavy atom. The monoisotopic (exact) mass is 326 g/mol. The van der Waals surface area contributed by atoms with Gasteiger partial charge in [-0.05, 0) is 30.9 Å². The maximum absolute atomic E-state index is 12.4. The maximum Gasteiger partial charge on any atom is 0.227 e. The Hall–Kier alpha value is -2.17. The number of nitrogens with zero attached hydrogens (tertiary/aromatic N) is 4. The Labute approximate surface area is 143 Å². The number of hydrogen-bond donors (Lipinski definition) is 0. The van der Waals surface area contributed by atoms with E-state index in [0.29, 0.717) is 5.92 Å². The number of likely N-dealkylation sites (tertiary alicyclic amines) is 1. The highest BCUT2D eigenvalue weighted by Gasteiger charge is 2.32. The molecule has 3 heterocycles. The van der Waals surface area contributed by atoms with E-state index in [4.69, 9.17) is 4.98 Å². The van der Waals surface area contributed by atoms with Crippen molar-refractivity contribution < 1.29 is 4.79 Å². The fourth-order valence-electron chi connectivity index (χ4n) is 3.29. The number of carbonyl (C=O) groups is 1. The molecule has 5 nitrogen and oxygen atoms in total. The SMILES string of the molecule is Cn1cncc1-c1cccc(C[C@@H]2CCN(C(=O)C(C)(C)C)C2)n1. The summed E-state index contributed by atoms with van der Waals surface area (Å²) in [6.45, 7) is 7.67. The second-order valence-electron chi connectivity index (χ2n) is 7.76. The average molecular weight is 326 g/mol. The second kappa shape index (κ2) is 6.38. The van der Waals surface area contributed by atoms with Crippen molar-refractivity contribution >= 4 is 5.91 Å². The molecule has 1 amide bonds. The molecule has 1 aliphatic rings. The Bertz CT molecular complexity index is 729. The first-order chi connectivity index (χ1) is 11.3. The predicted molar refractivity (Wildman–Crippen MR) is 94.3 cm³/mol. The van der Waals surface area contributed by atoms with E-state index in [-0.39, 0.29) is 11.3 Å². The summed E-state index contributed by atoms with van der Waals surface area (Å²) in [4.78, 5) is 23.4. The van der Waals surface area contributed by atoms with Gasteiger partial charge in [0.15, 0.2) is 0 Å². The minimum atomic E-state index is -0.299. The first-order valence-corrected chi connectivity index (χ1v) is 8.56. The van der Waals surface area contributed by atoms with E-state index >= 15 is 0 Å². The highest BCUT2D eigenvalue weighted by atomic mass is 16.2. The van der Waals surface area contributed by atoms with Crippen molar-refractivity contribution in [3.8, 4) is 11.4 Å². The smallest absolute Gasteiger partial charge is 0.227 e. The van der Waals surface area contributed by atoms with Crippen molar-refractivity contribution in [1.29, 1.82) is 0 Å². The predicted octanol–water partition coefficient (Wildman–Crippen LogP) is 2.92. The zero-order chi connectivity index (χ0) is 17.3. The molecule has 1 fully saturated rings. The first kappa shape index (κ1) is 16.7. The fourth-order valence-corrected chi connectivity index (χ4v) is 3.29. The van der Waals surface area contributed by atoms with E-state index in [2.05, 4.69) is 17.1 Å². The zero-order valence-electron chi connectivity index (χ0n) is 15.0. The molecule has 24 heavy (non-hydrogen) atoms. The van der Waals surface area contributed by atoms with Crippen LogP contribution in [0.25, 0.3) is 11.4 Å². The van der Waals surface area contributed by atoms with Crippen LogP contribution in [0, 0.1) is 11.3 Å². The molecule has 0 unspecified atom stereocenters. The normalized spacial score (nSPS) is 18.2. The van der Waals surface area contributed by atoms with Gasteiger partial charge in [0.2, 0.25) is 5.91 Å². The third kappa shape index (κ3) is 3.50. The lowest BCUT2D eigenvalue weighted by molar-refractivity contribution is -0.138. The van der Waals surface area contributed by atoms with Crippen LogP contribution in [0.3, 0.4) is 0 Å². The van der Waals surface area contributed by atoms with Gasteiger partial charge in [0.05, 0.1) is 23.9 Å². The number of imidazole rings is 1. The second-order valence-corrected chi connectivity index (χ2v) is 7.76. The van der Waals surface area contributed by atoms with Crippen LogP contribution in [-0.2, 0) is 18.3 Å². The van der Waals surface area contributed by atoms with Crippen molar-refractivity contribution in [2.75, 3.05) is 13.1 Å². The lowest BCUT2D eigenvalue weighted by Crippen LogP contribution is -2.38. The largest absolute Gasteiger partial charge is 0.342 e. The van der Waals surface area contributed by atoms with Crippen molar-refractivity contribution in [2.45, 2.75) is 33.6 Å². The molecular weight excluding hydrogens is 300 g/mol. The van der Waals surface area contributed by atoms with E-state index in [1.54, 1.807) is 6.33 Å². The Balaban J connectivity index is 1.68. The topological polar surface area (TPSA) is 51.0 Å². The van der Waals surface area contributed by atoms with Gasteiger partial charge in [-0.2, -0.15) is 0 Å². The van der Waals surface area contributed by atoms with E-state index in [1.165, 1.54) is 0 Å². The Morgan fingerprint density at radius 1 is 1.33 bits per heavy atom. The summed E-state index contributed by atoms with van der Waals surface area (Å²) in [6, 6.07) is 6.15. The number of carbonyl (C=O) groups excluding carboxylic acids is 1. The summed E-state index contributed by atoms with van der Waals surface area (Å²) in [5.41, 5.74) is 2.76. The number of hydrogen-bond acceptors (Lipinski definition) is 3. The molecule has 2 aromatic rings. The molecule has 3 rings (SSSR count). The molecule has 0 aliphatic carbocycles. The minimum absolute atomic E-state index is 0.251. The van der Waals surface area contributed by atoms with Crippen LogP contribution < -0.4 is 0 Å². The molecule has 1 atom stereocenters. The summed E-state index contributed by atoms with van der Waals surface area (Å²) in [6.07, 6.45) is 5.60. The molecule has 0 bridgehead atoms. The van der Waals surface area contributed by atoms with E-state index < -0.39 is 0 Å². The molecule has 0 aromatic carbocycles. The number of aryl methyl sites for hydroxylation is 1. The van der Waals surface area contributed by atoms with Crippen molar-refractivity contribution in [3.63, 3.8) is 0 Å². The molecule has 5 heteroatoms. The molecule has 1 aliphatic heterocycles. The highest BCUT2D eigenvalue weighted by Crippen LogP contribution is 2.26. The van der Waals surface area contributed by atoms with Gasteiger partial charge in [0.25, 0.3) is 0 Å². The van der Waals surface area contributed by atoms with Gasteiger partial charge in [-0.1, -0.05) is 26.8 Å². The van der Waals surface area contributed by atoms with Gasteiger partial charge in [-0.15, -0.1) is 0 Å². The Morgan fingerprint density at radius 3 is 2.79 bits per heavy atom. The summed E-state index contributed by atoms with van der Waals surface area (Å²) in [5, 5.41) is 0. The zero-order valence-corrected chi connectivity index (χ0v) is 15.0. The number of rotatable bonds is 3. The van der Waals surface area contributed by atoms with Crippen LogP contribution in [0.5, 0.6) is 0 Å². The van der Waals surface area contributed by atoms with Gasteiger partial charge in [0, 0.05) is 31.2 Å². The third-order valence-electron chi connectivity index (χ3n) is 4.60. The molecule has 0 spiro atoms. The molecule has 1 saturated heterocycles. The Kier molecular flexibility index (Phi) is 4.43. The van der Waals surface area contributed by atoms with E-state index in [1.807, 2.05) is 49.5 Å². The lowest BCUT2D eigenvalue weighted by Gasteiger charge is -2.25. The summed E-state index contributed by atoms with van der Waals surface area (Å²) in [7, 11) is 1.98. The number of aromatic nitrogens is 3. The summed E-state index contributed by atoms with van der Waals surface area (Å²) in [5.74, 6) is 0.743. The van der Waals surface area contributed by atoms with Gasteiger partial charge in [-0.25, -0.2) is 4.98 Å². The first-order valence-electron chi connectivity index (χ1n) is 8.56. The number of pyridine rings is 1. The van der Waals surface area contributed by atoms with Crippen molar-refractivity contribution in [3.05, 3.63) is 36.4 Å². The third-order valence-corrected chi connectivity index (χ3v) is 4.60. The molecule has 2 aromatic heterocycles. The van der Waals surface area contributed by atoms with E-state index in [9.17, 15) is 4.79 Å². The fraction of sp³-hybridized carbons (Fsp3) is 0.526. The van der Waals surface area contributed by atoms with Crippen LogP contribution in [0.2, 0.25) is 0 Å². The van der Waals surface area contributed by atoms with Gasteiger partial charge < -0.3 is 9.47 Å². The standard InChI is InChI=1S/C19H26N4O/c1-19(2,3)18(24)23-9-8-14(12-23)10-15-6-5-7-16(21-15)17-11-20-13-22(17)4/h5-7,11,13-14H,8-10,12H2,1-4H3/t14-/m0/s1. The van der Waals surface area contributed by atoms with Gasteiger partial charge in [0.1, 0.15) is 0 Å². The molecule has 0 radical (unpaired) electrons. The number of amides is 1. The highest BCUT2D eigenvalue weighted by molar-refractivity contribution is 5.81. The molecule has 128 valence electrons. The molecule has 0 N–H and O–H groups in total. The van der Waals surface area contributed by atoms with Crippen LogP contribution in [-0.4, -0.2) is 38.4 Å². The molecular formula is C19H26N4O. The van der Waals surface area contributed by atoms with Gasteiger partial charge >= 0.3 is 0 Å².